The SMILES string of the molecule is Cc1nn(C(C)C)c(-n2cc(C(F)(F)F)cn2)c1N. The summed E-state index contributed by atoms with van der Waals surface area (Å²) in [5.41, 5.74) is 5.93. The fourth-order valence-corrected chi connectivity index (χ4v) is 1.72. The molecule has 0 amide bonds. The van der Waals surface area contributed by atoms with E-state index in [-0.39, 0.29) is 6.04 Å². The van der Waals surface area contributed by atoms with E-state index >= 15 is 0 Å². The van der Waals surface area contributed by atoms with Crippen molar-refractivity contribution in [1.82, 2.24) is 19.6 Å². The Morgan fingerprint density at radius 1 is 1.32 bits per heavy atom. The van der Waals surface area contributed by atoms with Crippen molar-refractivity contribution >= 4 is 5.69 Å². The molecule has 2 rings (SSSR count). The topological polar surface area (TPSA) is 61.7 Å². The number of nitrogens with two attached hydrogens (primary N) is 1. The quantitative estimate of drug-likeness (QED) is 0.914. The van der Waals surface area contributed by atoms with Gasteiger partial charge in [0.15, 0.2) is 5.82 Å². The Kier molecular flexibility index (Phi) is 3.03. The maximum absolute atomic E-state index is 12.6. The highest BCUT2D eigenvalue weighted by molar-refractivity contribution is 5.57. The highest BCUT2D eigenvalue weighted by Crippen LogP contribution is 2.30. The van der Waals surface area contributed by atoms with Gasteiger partial charge in [0.25, 0.3) is 0 Å². The van der Waals surface area contributed by atoms with Gasteiger partial charge < -0.3 is 5.73 Å². The number of aryl methyl sites for hydroxylation is 1. The molecule has 0 saturated carbocycles. The first-order valence-corrected chi connectivity index (χ1v) is 5.68. The Morgan fingerprint density at radius 2 is 1.95 bits per heavy atom. The third-order valence-corrected chi connectivity index (χ3v) is 2.72. The summed E-state index contributed by atoms with van der Waals surface area (Å²) < 4.78 is 40.4. The average Bonchev–Trinajstić information content (AvgIpc) is 2.84. The van der Waals surface area contributed by atoms with Gasteiger partial charge in [0, 0.05) is 12.2 Å². The van der Waals surface area contributed by atoms with Crippen LogP contribution >= 0.6 is 0 Å². The molecule has 0 aliphatic rings. The van der Waals surface area contributed by atoms with Crippen LogP contribution in [0.5, 0.6) is 0 Å². The Morgan fingerprint density at radius 3 is 2.42 bits per heavy atom. The summed E-state index contributed by atoms with van der Waals surface area (Å²) in [4.78, 5) is 0. The molecule has 0 aliphatic carbocycles. The van der Waals surface area contributed by atoms with E-state index in [1.54, 1.807) is 11.6 Å². The third-order valence-electron chi connectivity index (χ3n) is 2.72. The van der Waals surface area contributed by atoms with E-state index in [1.807, 2.05) is 13.8 Å². The van der Waals surface area contributed by atoms with Gasteiger partial charge in [-0.15, -0.1) is 0 Å². The number of aromatic nitrogens is 4. The molecule has 0 spiro atoms. The number of hydrogen-bond acceptors (Lipinski definition) is 3. The minimum absolute atomic E-state index is 0.0375. The van der Waals surface area contributed by atoms with Gasteiger partial charge in [-0.25, -0.2) is 9.36 Å². The minimum atomic E-state index is -4.43. The fraction of sp³-hybridized carbons (Fsp3) is 0.455. The summed E-state index contributed by atoms with van der Waals surface area (Å²) in [7, 11) is 0. The van der Waals surface area contributed by atoms with Crippen LogP contribution in [0.2, 0.25) is 0 Å². The monoisotopic (exact) mass is 273 g/mol. The molecule has 0 aliphatic heterocycles. The number of alkyl halides is 3. The Hall–Kier alpha value is -1.99. The van der Waals surface area contributed by atoms with E-state index in [9.17, 15) is 13.2 Å². The standard InChI is InChI=1S/C11H14F3N5/c1-6(2)19-10(9(15)7(3)17-19)18-5-8(4-16-18)11(12,13)14/h4-6H,15H2,1-3H3. The molecule has 19 heavy (non-hydrogen) atoms. The smallest absolute Gasteiger partial charge is 0.394 e. The summed E-state index contributed by atoms with van der Waals surface area (Å²) >= 11 is 0. The maximum Gasteiger partial charge on any atom is 0.419 e. The molecule has 0 unspecified atom stereocenters. The zero-order valence-electron chi connectivity index (χ0n) is 10.7. The second-order valence-corrected chi connectivity index (χ2v) is 4.53. The molecular formula is C11H14F3N5. The van der Waals surface area contributed by atoms with Crippen molar-refractivity contribution in [3.63, 3.8) is 0 Å². The highest BCUT2D eigenvalue weighted by atomic mass is 19.4. The summed E-state index contributed by atoms with van der Waals surface area (Å²) in [5, 5.41) is 7.93. The Balaban J connectivity index is 2.56. The van der Waals surface area contributed by atoms with Crippen LogP contribution < -0.4 is 5.73 Å². The van der Waals surface area contributed by atoms with E-state index < -0.39 is 11.7 Å². The predicted octanol–water partition coefficient (Wildman–Crippen LogP) is 2.56. The first-order chi connectivity index (χ1) is 8.71. The van der Waals surface area contributed by atoms with Crippen LogP contribution in [0.4, 0.5) is 18.9 Å². The number of nitrogen functional groups attached to an aromatic ring is 1. The predicted molar refractivity (Wildman–Crippen MR) is 63.9 cm³/mol. The van der Waals surface area contributed by atoms with Gasteiger partial charge in [0.05, 0.1) is 23.1 Å². The van der Waals surface area contributed by atoms with Gasteiger partial charge in [0.1, 0.15) is 0 Å². The molecule has 0 radical (unpaired) electrons. The van der Waals surface area contributed by atoms with Crippen molar-refractivity contribution in [1.29, 1.82) is 0 Å². The van der Waals surface area contributed by atoms with E-state index in [2.05, 4.69) is 10.2 Å². The molecule has 5 nitrogen and oxygen atoms in total. The van der Waals surface area contributed by atoms with Crippen LogP contribution in [0, 0.1) is 6.92 Å². The molecule has 0 saturated heterocycles. The lowest BCUT2D eigenvalue weighted by atomic mass is 10.3. The van der Waals surface area contributed by atoms with Crippen molar-refractivity contribution in [3.05, 3.63) is 23.7 Å². The van der Waals surface area contributed by atoms with Crippen molar-refractivity contribution in [2.45, 2.75) is 33.0 Å². The summed E-state index contributed by atoms with van der Waals surface area (Å²) in [6.07, 6.45) is -2.75. The minimum Gasteiger partial charge on any atom is -0.394 e. The summed E-state index contributed by atoms with van der Waals surface area (Å²) in [5.74, 6) is 0.350. The summed E-state index contributed by atoms with van der Waals surface area (Å²) in [6.45, 7) is 5.43. The zero-order chi connectivity index (χ0) is 14.4. The molecule has 2 aromatic heterocycles. The Bertz CT molecular complexity index is 594. The lowest BCUT2D eigenvalue weighted by Crippen LogP contribution is -2.11. The molecule has 104 valence electrons. The van der Waals surface area contributed by atoms with E-state index in [0.29, 0.717) is 17.2 Å². The van der Waals surface area contributed by atoms with Crippen LogP contribution in [-0.4, -0.2) is 19.6 Å². The van der Waals surface area contributed by atoms with Crippen molar-refractivity contribution in [3.8, 4) is 5.82 Å². The van der Waals surface area contributed by atoms with Crippen LogP contribution in [0.1, 0.15) is 31.1 Å². The number of hydrogen-bond donors (Lipinski definition) is 1. The van der Waals surface area contributed by atoms with Gasteiger partial charge in [-0.2, -0.15) is 23.4 Å². The molecule has 2 N–H and O–H groups in total. The lowest BCUT2D eigenvalue weighted by Gasteiger charge is -2.11. The third kappa shape index (κ3) is 2.29. The zero-order valence-corrected chi connectivity index (χ0v) is 10.7. The molecular weight excluding hydrogens is 259 g/mol. The van der Waals surface area contributed by atoms with Gasteiger partial charge in [-0.3, -0.25) is 0 Å². The largest absolute Gasteiger partial charge is 0.419 e. The first-order valence-electron chi connectivity index (χ1n) is 5.68. The average molecular weight is 273 g/mol. The molecule has 8 heteroatoms. The van der Waals surface area contributed by atoms with Gasteiger partial charge in [-0.05, 0) is 20.8 Å². The van der Waals surface area contributed by atoms with Gasteiger partial charge >= 0.3 is 6.18 Å². The number of nitrogens with zero attached hydrogens (tertiary/aromatic N) is 4. The molecule has 0 bridgehead atoms. The van der Waals surface area contributed by atoms with Crippen molar-refractivity contribution < 1.29 is 13.2 Å². The second-order valence-electron chi connectivity index (χ2n) is 4.53. The summed E-state index contributed by atoms with van der Waals surface area (Å²) in [6, 6.07) is -0.0375. The molecule has 0 aromatic carbocycles. The van der Waals surface area contributed by atoms with Gasteiger partial charge in [0.2, 0.25) is 0 Å². The molecule has 0 atom stereocenters. The van der Waals surface area contributed by atoms with E-state index in [1.165, 1.54) is 0 Å². The van der Waals surface area contributed by atoms with E-state index in [0.717, 1.165) is 17.1 Å². The van der Waals surface area contributed by atoms with Crippen molar-refractivity contribution in [2.24, 2.45) is 0 Å². The number of rotatable bonds is 2. The Labute approximate surface area is 107 Å². The molecule has 2 heterocycles. The van der Waals surface area contributed by atoms with Crippen molar-refractivity contribution in [2.75, 3.05) is 5.73 Å². The maximum atomic E-state index is 12.6. The first kappa shape index (κ1) is 13.4. The second kappa shape index (κ2) is 4.29. The highest BCUT2D eigenvalue weighted by Gasteiger charge is 2.33. The van der Waals surface area contributed by atoms with Crippen LogP contribution in [0.25, 0.3) is 5.82 Å². The number of halogens is 3. The number of anilines is 1. The molecule has 0 fully saturated rings. The van der Waals surface area contributed by atoms with Crippen LogP contribution in [0.15, 0.2) is 12.4 Å². The van der Waals surface area contributed by atoms with E-state index in [4.69, 9.17) is 5.73 Å². The lowest BCUT2D eigenvalue weighted by molar-refractivity contribution is -0.137. The fourth-order valence-electron chi connectivity index (χ4n) is 1.72. The van der Waals surface area contributed by atoms with Gasteiger partial charge in [-0.1, -0.05) is 0 Å². The molecule has 2 aromatic rings. The van der Waals surface area contributed by atoms with Crippen LogP contribution in [-0.2, 0) is 6.18 Å². The van der Waals surface area contributed by atoms with Crippen LogP contribution in [0.3, 0.4) is 0 Å². The normalized spacial score (nSPS) is 12.4.